The average molecular weight is 212 g/mol. The Labute approximate surface area is 89.2 Å². The predicted octanol–water partition coefficient (Wildman–Crippen LogP) is 2.39. The van der Waals surface area contributed by atoms with Gasteiger partial charge in [-0.05, 0) is 30.7 Å². The summed E-state index contributed by atoms with van der Waals surface area (Å²) in [5, 5.41) is 4.20. The lowest BCUT2D eigenvalue weighted by Gasteiger charge is -2.18. The Morgan fingerprint density at radius 1 is 1.50 bits per heavy atom. The third kappa shape index (κ3) is 1.92. The number of nitrogens with one attached hydrogen (secondary N) is 1. The summed E-state index contributed by atoms with van der Waals surface area (Å²) in [6.45, 7) is 1.01. The van der Waals surface area contributed by atoms with E-state index in [-0.39, 0.29) is 6.10 Å². The van der Waals surface area contributed by atoms with Gasteiger partial charge in [0.2, 0.25) is 0 Å². The third-order valence-electron chi connectivity index (χ3n) is 2.68. The second kappa shape index (κ2) is 4.30. The van der Waals surface area contributed by atoms with Gasteiger partial charge in [0, 0.05) is 12.1 Å². The summed E-state index contributed by atoms with van der Waals surface area (Å²) in [4.78, 5) is 0. The zero-order valence-electron chi connectivity index (χ0n) is 8.16. The van der Waals surface area contributed by atoms with Gasteiger partial charge in [-0.3, -0.25) is 0 Å². The van der Waals surface area contributed by atoms with Crippen molar-refractivity contribution >= 4 is 11.6 Å². The molecule has 14 heavy (non-hydrogen) atoms. The van der Waals surface area contributed by atoms with E-state index in [1.165, 1.54) is 5.56 Å². The first-order chi connectivity index (χ1) is 6.81. The molecule has 0 aliphatic carbocycles. The number of ether oxygens (including phenoxy) is 1. The zero-order chi connectivity index (χ0) is 9.97. The summed E-state index contributed by atoms with van der Waals surface area (Å²) in [7, 11) is 1.76. The van der Waals surface area contributed by atoms with E-state index in [2.05, 4.69) is 11.4 Å². The molecule has 1 N–H and O–H groups in total. The molecule has 0 aromatic heterocycles. The second-order valence-electron chi connectivity index (χ2n) is 3.55. The molecule has 0 saturated carbocycles. The maximum Gasteiger partial charge on any atom is 0.0778 e. The highest BCUT2D eigenvalue weighted by atomic mass is 35.5. The summed E-state index contributed by atoms with van der Waals surface area (Å²) in [5.41, 5.74) is 1.21. The quantitative estimate of drug-likeness (QED) is 0.811. The van der Waals surface area contributed by atoms with E-state index in [9.17, 15) is 0 Å². The fourth-order valence-corrected chi connectivity index (χ4v) is 2.16. The van der Waals surface area contributed by atoms with Crippen molar-refractivity contribution in [1.82, 2.24) is 5.32 Å². The molecule has 0 bridgehead atoms. The van der Waals surface area contributed by atoms with Crippen molar-refractivity contribution in [2.75, 3.05) is 13.7 Å². The van der Waals surface area contributed by atoms with Crippen molar-refractivity contribution in [3.05, 3.63) is 34.9 Å². The minimum absolute atomic E-state index is 0.272. The van der Waals surface area contributed by atoms with Crippen molar-refractivity contribution in [3.8, 4) is 0 Å². The van der Waals surface area contributed by atoms with Crippen LogP contribution in [0.4, 0.5) is 0 Å². The average Bonchev–Trinajstić information content (AvgIpc) is 2.65. The molecule has 2 rings (SSSR count). The lowest BCUT2D eigenvalue weighted by Crippen LogP contribution is -2.22. The lowest BCUT2D eigenvalue weighted by atomic mass is 10.0. The van der Waals surface area contributed by atoms with Crippen molar-refractivity contribution < 1.29 is 4.74 Å². The SMILES string of the molecule is COC1CCNC1c1cccc(Cl)c1. The van der Waals surface area contributed by atoms with E-state index in [1.807, 2.05) is 18.2 Å². The first-order valence-corrected chi connectivity index (χ1v) is 5.20. The Bertz CT molecular complexity index is 316. The van der Waals surface area contributed by atoms with Crippen molar-refractivity contribution in [1.29, 1.82) is 0 Å². The number of hydrogen-bond acceptors (Lipinski definition) is 2. The minimum Gasteiger partial charge on any atom is -0.379 e. The van der Waals surface area contributed by atoms with Gasteiger partial charge in [-0.25, -0.2) is 0 Å². The fourth-order valence-electron chi connectivity index (χ4n) is 1.97. The second-order valence-corrected chi connectivity index (χ2v) is 3.99. The Balaban J connectivity index is 2.21. The van der Waals surface area contributed by atoms with E-state index in [0.717, 1.165) is 18.0 Å². The van der Waals surface area contributed by atoms with Crippen LogP contribution >= 0.6 is 11.6 Å². The van der Waals surface area contributed by atoms with Gasteiger partial charge in [-0.1, -0.05) is 23.7 Å². The topological polar surface area (TPSA) is 21.3 Å². The smallest absolute Gasteiger partial charge is 0.0778 e. The van der Waals surface area contributed by atoms with Gasteiger partial charge < -0.3 is 10.1 Å². The molecule has 1 aromatic rings. The maximum atomic E-state index is 5.95. The van der Waals surface area contributed by atoms with Gasteiger partial charge >= 0.3 is 0 Å². The van der Waals surface area contributed by atoms with Gasteiger partial charge in [-0.2, -0.15) is 0 Å². The molecular formula is C11H14ClNO. The maximum absolute atomic E-state index is 5.95. The van der Waals surface area contributed by atoms with E-state index in [0.29, 0.717) is 6.04 Å². The molecule has 0 amide bonds. The molecule has 2 atom stereocenters. The highest BCUT2D eigenvalue weighted by Gasteiger charge is 2.27. The van der Waals surface area contributed by atoms with Crippen LogP contribution in [0.15, 0.2) is 24.3 Å². The summed E-state index contributed by atoms with van der Waals surface area (Å²) < 4.78 is 5.41. The van der Waals surface area contributed by atoms with Crippen LogP contribution in [0.2, 0.25) is 5.02 Å². The summed E-state index contributed by atoms with van der Waals surface area (Å²) in [6, 6.07) is 8.24. The Kier molecular flexibility index (Phi) is 3.06. The van der Waals surface area contributed by atoms with Crippen LogP contribution in [0.3, 0.4) is 0 Å². The molecule has 2 nitrogen and oxygen atoms in total. The van der Waals surface area contributed by atoms with E-state index >= 15 is 0 Å². The van der Waals surface area contributed by atoms with E-state index < -0.39 is 0 Å². The van der Waals surface area contributed by atoms with Crippen LogP contribution in [0, 0.1) is 0 Å². The fraction of sp³-hybridized carbons (Fsp3) is 0.455. The molecule has 1 aliphatic heterocycles. The number of hydrogen-bond donors (Lipinski definition) is 1. The van der Waals surface area contributed by atoms with Gasteiger partial charge in [0.05, 0.1) is 12.1 Å². The number of halogens is 1. The minimum atomic E-state index is 0.272. The molecular weight excluding hydrogens is 198 g/mol. The van der Waals surface area contributed by atoms with Crippen LogP contribution in [-0.4, -0.2) is 19.8 Å². The van der Waals surface area contributed by atoms with Crippen LogP contribution in [0.1, 0.15) is 18.0 Å². The van der Waals surface area contributed by atoms with Crippen molar-refractivity contribution in [3.63, 3.8) is 0 Å². The van der Waals surface area contributed by atoms with Crippen molar-refractivity contribution in [2.24, 2.45) is 0 Å². The molecule has 1 saturated heterocycles. The van der Waals surface area contributed by atoms with Gasteiger partial charge in [0.15, 0.2) is 0 Å². The van der Waals surface area contributed by atoms with Crippen LogP contribution in [0.25, 0.3) is 0 Å². The van der Waals surface area contributed by atoms with E-state index in [1.54, 1.807) is 7.11 Å². The summed E-state index contributed by atoms with van der Waals surface area (Å²) in [6.07, 6.45) is 1.33. The Morgan fingerprint density at radius 2 is 2.36 bits per heavy atom. The molecule has 1 aromatic carbocycles. The van der Waals surface area contributed by atoms with Crippen LogP contribution < -0.4 is 5.32 Å². The normalized spacial score (nSPS) is 26.7. The first kappa shape index (κ1) is 9.97. The molecule has 1 fully saturated rings. The third-order valence-corrected chi connectivity index (χ3v) is 2.91. The van der Waals surface area contributed by atoms with Gasteiger partial charge in [0.1, 0.15) is 0 Å². The summed E-state index contributed by atoms with van der Waals surface area (Å²) >= 11 is 5.95. The molecule has 1 heterocycles. The molecule has 1 aliphatic rings. The number of benzene rings is 1. The molecule has 0 spiro atoms. The molecule has 3 heteroatoms. The highest BCUT2D eigenvalue weighted by molar-refractivity contribution is 6.30. The summed E-state index contributed by atoms with van der Waals surface area (Å²) in [5.74, 6) is 0. The van der Waals surface area contributed by atoms with Gasteiger partial charge in [-0.15, -0.1) is 0 Å². The standard InChI is InChI=1S/C11H14ClNO/c1-14-10-5-6-13-11(10)8-3-2-4-9(12)7-8/h2-4,7,10-11,13H,5-6H2,1H3. The molecule has 0 radical (unpaired) electrons. The van der Waals surface area contributed by atoms with Crippen molar-refractivity contribution in [2.45, 2.75) is 18.6 Å². The number of rotatable bonds is 2. The molecule has 76 valence electrons. The lowest BCUT2D eigenvalue weighted by molar-refractivity contribution is 0.0920. The van der Waals surface area contributed by atoms with E-state index in [4.69, 9.17) is 16.3 Å². The monoisotopic (exact) mass is 211 g/mol. The largest absolute Gasteiger partial charge is 0.379 e. The highest BCUT2D eigenvalue weighted by Crippen LogP contribution is 2.27. The van der Waals surface area contributed by atoms with Gasteiger partial charge in [0.25, 0.3) is 0 Å². The molecule has 2 unspecified atom stereocenters. The van der Waals surface area contributed by atoms with Crippen LogP contribution in [0.5, 0.6) is 0 Å². The Hall–Kier alpha value is -0.570. The predicted molar refractivity (Wildman–Crippen MR) is 57.6 cm³/mol. The zero-order valence-corrected chi connectivity index (χ0v) is 8.92. The number of methoxy groups -OCH3 is 1. The van der Waals surface area contributed by atoms with Crippen LogP contribution in [-0.2, 0) is 4.74 Å². The Morgan fingerprint density at radius 3 is 3.07 bits per heavy atom. The first-order valence-electron chi connectivity index (χ1n) is 4.83.